The highest BCUT2D eigenvalue weighted by Crippen LogP contribution is 2.52. The molecule has 3 atom stereocenters. The summed E-state index contributed by atoms with van der Waals surface area (Å²) < 4.78 is 6.27. The van der Waals surface area contributed by atoms with Crippen LogP contribution in [0.25, 0.3) is 10.8 Å². The molecule has 0 amide bonds. The summed E-state index contributed by atoms with van der Waals surface area (Å²) in [4.78, 5) is 29.3. The average molecular weight is 556 g/mol. The van der Waals surface area contributed by atoms with Crippen molar-refractivity contribution >= 4 is 39.7 Å². The fraction of sp³-hybridized carbons (Fsp3) is 0.406. The van der Waals surface area contributed by atoms with E-state index in [0.717, 1.165) is 65.5 Å². The van der Waals surface area contributed by atoms with Gasteiger partial charge in [-0.15, -0.1) is 0 Å². The van der Waals surface area contributed by atoms with E-state index in [4.69, 9.17) is 26.3 Å². The van der Waals surface area contributed by atoms with E-state index >= 15 is 0 Å². The Balaban J connectivity index is 1.21. The highest BCUT2D eigenvalue weighted by Gasteiger charge is 2.53. The van der Waals surface area contributed by atoms with Crippen LogP contribution >= 0.6 is 11.6 Å². The lowest BCUT2D eigenvalue weighted by molar-refractivity contribution is -0.115. The first-order valence-electron chi connectivity index (χ1n) is 14.3. The summed E-state index contributed by atoms with van der Waals surface area (Å²) in [6.07, 6.45) is 8.81. The highest BCUT2D eigenvalue weighted by atomic mass is 35.5. The maximum Gasteiger partial charge on any atom is 0.318 e. The number of benzene rings is 2. The Labute approximate surface area is 240 Å². The van der Waals surface area contributed by atoms with Crippen LogP contribution in [0.3, 0.4) is 0 Å². The summed E-state index contributed by atoms with van der Waals surface area (Å²) in [5.74, 6) is 1.44. The molecule has 0 N–H and O–H groups in total. The van der Waals surface area contributed by atoms with Crippen LogP contribution in [0.15, 0.2) is 60.3 Å². The molecular formula is C32H34ClN5O2. The van der Waals surface area contributed by atoms with Crippen LogP contribution in [-0.2, 0) is 17.8 Å². The van der Waals surface area contributed by atoms with Gasteiger partial charge in [0.1, 0.15) is 12.4 Å². The molecule has 0 unspecified atom stereocenters. The van der Waals surface area contributed by atoms with Gasteiger partial charge in [-0.2, -0.15) is 9.97 Å². The molecule has 7 nitrogen and oxygen atoms in total. The third-order valence-corrected chi connectivity index (χ3v) is 9.27. The van der Waals surface area contributed by atoms with Crippen molar-refractivity contribution in [3.8, 4) is 6.01 Å². The lowest BCUT2D eigenvalue weighted by Crippen LogP contribution is -2.34. The highest BCUT2D eigenvalue weighted by molar-refractivity contribution is 6.36. The number of halogens is 1. The smallest absolute Gasteiger partial charge is 0.318 e. The van der Waals surface area contributed by atoms with Gasteiger partial charge in [-0.25, -0.2) is 0 Å². The lowest BCUT2D eigenvalue weighted by Gasteiger charge is -2.33. The van der Waals surface area contributed by atoms with Crippen molar-refractivity contribution in [2.24, 2.45) is 11.8 Å². The molecule has 1 aromatic heterocycles. The number of aromatic nitrogens is 2. The molecule has 0 bridgehead atoms. The van der Waals surface area contributed by atoms with E-state index in [1.165, 1.54) is 17.6 Å². The predicted octanol–water partition coefficient (Wildman–Crippen LogP) is 5.41. The summed E-state index contributed by atoms with van der Waals surface area (Å²) in [5.41, 5.74) is 4.50. The van der Waals surface area contributed by atoms with Gasteiger partial charge in [-0.1, -0.05) is 41.9 Å². The van der Waals surface area contributed by atoms with Gasteiger partial charge in [0.05, 0.1) is 23.2 Å². The number of anilines is 2. The minimum atomic E-state index is 0.0327. The monoisotopic (exact) mass is 555 g/mol. The Morgan fingerprint density at radius 2 is 2.02 bits per heavy atom. The molecule has 0 spiro atoms. The van der Waals surface area contributed by atoms with E-state index in [9.17, 15) is 4.79 Å². The van der Waals surface area contributed by atoms with Gasteiger partial charge in [-0.05, 0) is 68.9 Å². The van der Waals surface area contributed by atoms with Crippen molar-refractivity contribution in [1.82, 2.24) is 14.9 Å². The fourth-order valence-corrected chi connectivity index (χ4v) is 7.02. The van der Waals surface area contributed by atoms with Crippen LogP contribution in [-0.4, -0.2) is 60.0 Å². The van der Waals surface area contributed by atoms with E-state index in [2.05, 4.69) is 52.2 Å². The van der Waals surface area contributed by atoms with Gasteiger partial charge in [0.25, 0.3) is 0 Å². The summed E-state index contributed by atoms with van der Waals surface area (Å²) in [6, 6.07) is 13.2. The second-order valence-electron chi connectivity index (χ2n) is 11.4. The molecule has 40 heavy (non-hydrogen) atoms. The van der Waals surface area contributed by atoms with Gasteiger partial charge in [-0.3, -0.25) is 4.79 Å². The molecule has 4 aliphatic rings. The number of allylic oxidation sites excluding steroid dienone is 2. The van der Waals surface area contributed by atoms with Crippen LogP contribution < -0.4 is 14.5 Å². The predicted molar refractivity (Wildman–Crippen MR) is 159 cm³/mol. The first-order chi connectivity index (χ1) is 19.5. The summed E-state index contributed by atoms with van der Waals surface area (Å²) in [6.45, 7) is 5.86. The molecule has 3 aliphatic heterocycles. The van der Waals surface area contributed by atoms with Gasteiger partial charge in [0.2, 0.25) is 0 Å². The number of ether oxygens (including phenoxy) is 1. The Hall–Kier alpha value is -3.42. The molecule has 1 saturated carbocycles. The number of carbonyl (C=O) groups is 1. The number of hydrogen-bond acceptors (Lipinski definition) is 7. The van der Waals surface area contributed by atoms with Crippen LogP contribution in [0.2, 0.25) is 5.02 Å². The number of ketones is 1. The molecule has 1 aliphatic carbocycles. The van der Waals surface area contributed by atoms with E-state index in [1.807, 2.05) is 25.1 Å². The Morgan fingerprint density at radius 3 is 2.77 bits per heavy atom. The SMILES string of the molecule is C/C=C/C(=O)[C@@H]1C2=CN(c3nc(OC[C@@H]4CCCN4C)nc4c3CCN(c3cccc5cccc(Cl)c35)C4)C[C@H]21. The summed E-state index contributed by atoms with van der Waals surface area (Å²) >= 11 is 6.69. The molecule has 4 heterocycles. The van der Waals surface area contributed by atoms with Crippen molar-refractivity contribution in [3.05, 3.63) is 76.6 Å². The average Bonchev–Trinajstić information content (AvgIpc) is 3.24. The number of rotatable bonds is 7. The third kappa shape index (κ3) is 4.45. The van der Waals surface area contributed by atoms with Gasteiger partial charge >= 0.3 is 6.01 Å². The lowest BCUT2D eigenvalue weighted by atomic mass is 10.0. The third-order valence-electron chi connectivity index (χ3n) is 8.96. The van der Waals surface area contributed by atoms with Gasteiger partial charge in [0.15, 0.2) is 5.78 Å². The Morgan fingerprint density at radius 1 is 1.18 bits per heavy atom. The summed E-state index contributed by atoms with van der Waals surface area (Å²) in [7, 11) is 2.15. The quantitative estimate of drug-likeness (QED) is 0.361. The van der Waals surface area contributed by atoms with E-state index in [0.29, 0.717) is 25.2 Å². The second kappa shape index (κ2) is 10.2. The molecule has 2 aromatic carbocycles. The van der Waals surface area contributed by atoms with E-state index < -0.39 is 0 Å². The maximum atomic E-state index is 12.5. The molecule has 2 fully saturated rings. The minimum absolute atomic E-state index is 0.0327. The van der Waals surface area contributed by atoms with Crippen molar-refractivity contribution in [2.75, 3.05) is 43.1 Å². The zero-order valence-electron chi connectivity index (χ0n) is 23.0. The molecular weight excluding hydrogens is 522 g/mol. The molecule has 1 saturated heterocycles. The van der Waals surface area contributed by atoms with E-state index in [-0.39, 0.29) is 17.6 Å². The Kier molecular flexibility index (Phi) is 6.51. The molecule has 0 radical (unpaired) electrons. The largest absolute Gasteiger partial charge is 0.462 e. The maximum absolute atomic E-state index is 12.5. The van der Waals surface area contributed by atoms with Gasteiger partial charge < -0.3 is 19.4 Å². The van der Waals surface area contributed by atoms with Crippen LogP contribution in [0.5, 0.6) is 6.01 Å². The minimum Gasteiger partial charge on any atom is -0.462 e. The first kappa shape index (κ1) is 25.5. The van der Waals surface area contributed by atoms with Crippen LogP contribution in [0.1, 0.15) is 31.0 Å². The zero-order chi connectivity index (χ0) is 27.4. The van der Waals surface area contributed by atoms with Crippen molar-refractivity contribution in [1.29, 1.82) is 0 Å². The van der Waals surface area contributed by atoms with E-state index in [1.54, 1.807) is 6.08 Å². The van der Waals surface area contributed by atoms with Crippen molar-refractivity contribution < 1.29 is 9.53 Å². The number of fused-ring (bicyclic) bond motifs is 3. The fourth-order valence-electron chi connectivity index (χ4n) is 6.75. The summed E-state index contributed by atoms with van der Waals surface area (Å²) in [5, 5.41) is 2.97. The second-order valence-corrected chi connectivity index (χ2v) is 11.8. The molecule has 7 rings (SSSR count). The number of hydrogen-bond donors (Lipinski definition) is 0. The van der Waals surface area contributed by atoms with Crippen molar-refractivity contribution in [2.45, 2.75) is 38.8 Å². The van der Waals surface area contributed by atoms with Crippen LogP contribution in [0, 0.1) is 11.8 Å². The Bertz CT molecular complexity index is 1550. The molecule has 206 valence electrons. The number of likely N-dealkylation sites (tertiary alicyclic amines) is 1. The topological polar surface area (TPSA) is 61.8 Å². The first-order valence-corrected chi connectivity index (χ1v) is 14.7. The van der Waals surface area contributed by atoms with Crippen LogP contribution in [0.4, 0.5) is 11.5 Å². The van der Waals surface area contributed by atoms with Gasteiger partial charge in [0, 0.05) is 47.9 Å². The number of nitrogens with zero attached hydrogens (tertiary/aromatic N) is 5. The molecule has 3 aromatic rings. The number of likely N-dealkylation sites (N-methyl/N-ethyl adjacent to an activating group) is 1. The zero-order valence-corrected chi connectivity index (χ0v) is 23.8. The standard InChI is InChI=1S/C32H34ClN5O2/c1-3-7-28(39)30-23-16-38(17-24(23)30)31-22-13-15-37(27-12-5-9-20-8-4-11-25(33)29(20)27)18-26(22)34-32(35-31)40-19-21-10-6-14-36(21)2/h3-5,7-9,11-12,16,21,24,30H,6,10,13-15,17-19H2,1-2H3/b7-3+/t21-,24+,30+/m0/s1. The van der Waals surface area contributed by atoms with Crippen molar-refractivity contribution in [3.63, 3.8) is 0 Å². The number of carbonyl (C=O) groups excluding carboxylic acids is 1. The normalized spacial score (nSPS) is 24.0. The molecule has 8 heteroatoms.